The van der Waals surface area contributed by atoms with Crippen LogP contribution in [0.3, 0.4) is 0 Å². The topological polar surface area (TPSA) is 183 Å². The Hall–Kier alpha value is -4.99. The van der Waals surface area contributed by atoms with Crippen molar-refractivity contribution in [3.63, 3.8) is 0 Å². The summed E-state index contributed by atoms with van der Waals surface area (Å²) >= 11 is 0. The van der Waals surface area contributed by atoms with Crippen LogP contribution in [0.4, 0.5) is 0 Å². The fraction of sp³-hybridized carbons (Fsp3) is 0.648. The second-order valence-electron chi connectivity index (χ2n) is 21.4. The zero-order valence-electron chi connectivity index (χ0n) is 42.0. The molecule has 4 N–H and O–H groups in total. The summed E-state index contributed by atoms with van der Waals surface area (Å²) in [6.45, 7) is 18.8. The Morgan fingerprint density at radius 3 is 2.41 bits per heavy atom. The van der Waals surface area contributed by atoms with E-state index in [1.165, 1.54) is 38.4 Å². The number of carbonyl (C=O) groups excluding carboxylic acids is 4. The number of phenolic OH excluding ortho intramolecular Hbond substituents is 1. The summed E-state index contributed by atoms with van der Waals surface area (Å²) in [5.74, 6) is -3.19. The van der Waals surface area contributed by atoms with Crippen LogP contribution in [0.15, 0.2) is 52.5 Å². The number of nitrogens with zero attached hydrogens (tertiary/aromatic N) is 4. The molecule has 15 heteroatoms. The Morgan fingerprint density at radius 2 is 1.70 bits per heavy atom. The molecular formula is C54H76N6O9. The van der Waals surface area contributed by atoms with Gasteiger partial charge in [-0.05, 0) is 70.3 Å². The molecule has 8 aliphatic rings. The number of aliphatic hydroxyl groups excluding tert-OH is 1. The van der Waals surface area contributed by atoms with Gasteiger partial charge < -0.3 is 44.9 Å². The van der Waals surface area contributed by atoms with Crippen molar-refractivity contribution in [1.82, 2.24) is 25.3 Å². The van der Waals surface area contributed by atoms with E-state index in [4.69, 9.17) is 19.2 Å². The number of nitrogens with one attached hydrogen (secondary N) is 2. The minimum Gasteiger partial charge on any atom is -0.507 e. The lowest BCUT2D eigenvalue weighted by molar-refractivity contribution is -0.155. The number of aliphatic imine (C=N–C) groups is 1. The Labute approximate surface area is 408 Å². The molecule has 9 rings (SSSR count). The van der Waals surface area contributed by atoms with E-state index in [-0.39, 0.29) is 47.6 Å². The zero-order chi connectivity index (χ0) is 49.2. The quantitative estimate of drug-likeness (QED) is 0.169. The molecule has 1 spiro atoms. The number of likely N-dealkylation sites (tertiary alicyclic amines) is 1. The molecule has 6 heterocycles. The lowest BCUT2D eigenvalue weighted by Crippen LogP contribution is -2.52. The van der Waals surface area contributed by atoms with Crippen molar-refractivity contribution in [2.45, 2.75) is 168 Å². The third-order valence-electron chi connectivity index (χ3n) is 15.5. The van der Waals surface area contributed by atoms with Crippen LogP contribution in [-0.4, -0.2) is 130 Å². The first kappa shape index (κ1) is 50.4. The molecule has 3 fully saturated rings. The number of esters is 1. The first-order chi connectivity index (χ1) is 33.0. The maximum atomic E-state index is 14.8. The summed E-state index contributed by atoms with van der Waals surface area (Å²) in [6.07, 6.45) is 16.6. The van der Waals surface area contributed by atoms with Crippen LogP contribution in [0.25, 0.3) is 0 Å². The number of amides is 2. The average Bonchev–Trinajstić information content (AvgIpc) is 3.82. The van der Waals surface area contributed by atoms with Gasteiger partial charge in [0.2, 0.25) is 5.91 Å². The lowest BCUT2D eigenvalue weighted by atomic mass is 9.78. The number of allylic oxidation sites excluding steroid dienone is 6. The summed E-state index contributed by atoms with van der Waals surface area (Å²) in [4.78, 5) is 67.7. The van der Waals surface area contributed by atoms with E-state index in [1.807, 2.05) is 26.0 Å². The molecule has 2 amide bonds. The van der Waals surface area contributed by atoms with E-state index >= 15 is 0 Å². The highest BCUT2D eigenvalue weighted by Crippen LogP contribution is 2.53. The van der Waals surface area contributed by atoms with Crippen LogP contribution in [0.1, 0.15) is 158 Å². The standard InChI is InChI=1S/C54H76N6O9/c1-33(2)32-58-23-21-54(22-24-58)56-47-44-43-36(5)46(48(47)57-54)55-52(66)35(4)15-13-14-34(3)19-20-39(61)30-40(18-11-12-29-67-53(7)51(65)45(44)50(69-53)37(6)49(43)64)68-42(63)31-41(62)60-27-25-59(26-28-60)38-16-9-8-10-17-38/h12-15,29,33-34,36,38-40,57,61,64H,8-11,16-28,30-32H2,1-7H3,(H,55,66)/b14-13+,29-12+,35-15-/t34?,36?,39?,40-,53?/m1/s1. The predicted octanol–water partition coefficient (Wildman–Crippen LogP) is 7.05. The number of hydrogen-bond donors (Lipinski definition) is 4. The highest BCUT2D eigenvalue weighted by atomic mass is 16.7. The molecule has 6 aliphatic heterocycles. The van der Waals surface area contributed by atoms with Crippen LogP contribution in [-0.2, 0) is 23.9 Å². The number of piperidine rings is 1. The third-order valence-corrected chi connectivity index (χ3v) is 15.5. The van der Waals surface area contributed by atoms with Gasteiger partial charge in [0, 0.05) is 106 Å². The van der Waals surface area contributed by atoms with Gasteiger partial charge in [0.15, 0.2) is 0 Å². The fourth-order valence-electron chi connectivity index (χ4n) is 11.4. The van der Waals surface area contributed by atoms with E-state index in [2.05, 4.69) is 34.3 Å². The maximum absolute atomic E-state index is 14.8. The van der Waals surface area contributed by atoms with Crippen LogP contribution < -0.4 is 15.4 Å². The number of ketones is 1. The number of ether oxygens (including phenoxy) is 3. The Bertz CT molecular complexity index is 2290. The summed E-state index contributed by atoms with van der Waals surface area (Å²) in [7, 11) is 0. The number of aromatic hydroxyl groups is 1. The molecular weight excluding hydrogens is 877 g/mol. The summed E-state index contributed by atoms with van der Waals surface area (Å²) in [6, 6.07) is 0.582. The second-order valence-corrected chi connectivity index (χ2v) is 21.4. The van der Waals surface area contributed by atoms with E-state index in [1.54, 1.807) is 37.8 Å². The number of fused-ring (bicyclic) bond motifs is 13. The first-order valence-electron chi connectivity index (χ1n) is 25.8. The van der Waals surface area contributed by atoms with Gasteiger partial charge in [-0.3, -0.25) is 29.1 Å². The Morgan fingerprint density at radius 1 is 0.971 bits per heavy atom. The van der Waals surface area contributed by atoms with E-state index in [0.29, 0.717) is 103 Å². The van der Waals surface area contributed by atoms with Gasteiger partial charge in [0.25, 0.3) is 11.7 Å². The van der Waals surface area contributed by atoms with Crippen molar-refractivity contribution in [2.75, 3.05) is 45.8 Å². The summed E-state index contributed by atoms with van der Waals surface area (Å²) in [5.41, 5.74) is 3.11. The fourth-order valence-corrected chi connectivity index (χ4v) is 11.4. The van der Waals surface area contributed by atoms with Crippen molar-refractivity contribution >= 4 is 29.3 Å². The number of carbonyl (C=O) groups is 4. The lowest BCUT2D eigenvalue weighted by Gasteiger charge is -2.40. The maximum Gasteiger partial charge on any atom is 0.315 e. The van der Waals surface area contributed by atoms with Gasteiger partial charge in [-0.2, -0.15) is 0 Å². The Kier molecular flexibility index (Phi) is 15.5. The van der Waals surface area contributed by atoms with E-state index in [0.717, 1.165) is 32.7 Å². The predicted molar refractivity (Wildman–Crippen MR) is 264 cm³/mol. The largest absolute Gasteiger partial charge is 0.507 e. The van der Waals surface area contributed by atoms with Crippen LogP contribution in [0.5, 0.6) is 11.5 Å². The van der Waals surface area contributed by atoms with Gasteiger partial charge in [-0.25, -0.2) is 0 Å². The molecule has 1 saturated carbocycles. The molecule has 4 unspecified atom stereocenters. The minimum absolute atomic E-state index is 0.0403. The molecule has 0 aromatic heterocycles. The second kappa shape index (κ2) is 21.2. The molecule has 69 heavy (non-hydrogen) atoms. The molecule has 0 radical (unpaired) electrons. The average molecular weight is 953 g/mol. The highest BCUT2D eigenvalue weighted by Gasteiger charge is 2.54. The number of rotatable bonds is 6. The molecule has 2 aliphatic carbocycles. The number of phenols is 1. The highest BCUT2D eigenvalue weighted by molar-refractivity contribution is 6.25. The van der Waals surface area contributed by atoms with Gasteiger partial charge in [0.05, 0.1) is 35.0 Å². The molecule has 1 aromatic carbocycles. The van der Waals surface area contributed by atoms with Crippen molar-refractivity contribution in [3.05, 3.63) is 69.8 Å². The van der Waals surface area contributed by atoms with Crippen LogP contribution in [0, 0.1) is 18.8 Å². The number of benzene rings is 1. The van der Waals surface area contributed by atoms with Gasteiger partial charge >= 0.3 is 11.8 Å². The minimum atomic E-state index is -1.79. The van der Waals surface area contributed by atoms with Crippen molar-refractivity contribution < 1.29 is 43.6 Å². The molecule has 2 saturated heterocycles. The molecule has 5 atom stereocenters. The number of Topliss-reactive ketones (excluding diaryl/α,β-unsaturated/α-hetero) is 1. The first-order valence-corrected chi connectivity index (χ1v) is 25.8. The van der Waals surface area contributed by atoms with E-state index < -0.39 is 41.3 Å². The normalized spacial score (nSPS) is 30.1. The van der Waals surface area contributed by atoms with Gasteiger partial charge in [-0.15, -0.1) is 0 Å². The number of aliphatic hydroxyl groups is 1. The number of piperazine rings is 1. The SMILES string of the molecule is C/C1=C/C=C/C(C)CCC(O)C[C@H](OC(=O)CC(=O)N2CCN(C3CCCCC3)CC2)CC/C=C/OC2(C)Oc3c(C)c(O)c4c(c3C2=O)C2=NC3(CCN(CC(C)C)CC3)NC2=C(NC1=O)C4C. The molecule has 15 nitrogen and oxygen atoms in total. The molecule has 5 bridgehead atoms. The van der Waals surface area contributed by atoms with Crippen molar-refractivity contribution in [1.29, 1.82) is 0 Å². The Balaban J connectivity index is 1.04. The smallest absolute Gasteiger partial charge is 0.315 e. The summed E-state index contributed by atoms with van der Waals surface area (Å²) < 4.78 is 18.5. The van der Waals surface area contributed by atoms with Crippen molar-refractivity contribution in [2.24, 2.45) is 16.8 Å². The molecule has 1 aromatic rings. The zero-order valence-corrected chi connectivity index (χ0v) is 42.0. The monoisotopic (exact) mass is 953 g/mol. The molecule has 376 valence electrons. The van der Waals surface area contributed by atoms with Gasteiger partial charge in [-0.1, -0.05) is 65.2 Å². The van der Waals surface area contributed by atoms with E-state index in [9.17, 15) is 29.4 Å². The van der Waals surface area contributed by atoms with Crippen LogP contribution in [0.2, 0.25) is 0 Å². The summed E-state index contributed by atoms with van der Waals surface area (Å²) in [5, 5.41) is 30.2. The van der Waals surface area contributed by atoms with Crippen molar-refractivity contribution in [3.8, 4) is 11.5 Å². The number of hydrogen-bond acceptors (Lipinski definition) is 13. The van der Waals surface area contributed by atoms with Crippen LogP contribution >= 0.6 is 0 Å². The van der Waals surface area contributed by atoms with Gasteiger partial charge in [0.1, 0.15) is 29.7 Å². The third kappa shape index (κ3) is 11.0.